The highest BCUT2D eigenvalue weighted by Gasteiger charge is 2.14. The molecule has 0 radical (unpaired) electrons. The minimum absolute atomic E-state index is 0.390. The molecule has 0 aliphatic rings. The summed E-state index contributed by atoms with van der Waals surface area (Å²) < 4.78 is 0. The lowest BCUT2D eigenvalue weighted by molar-refractivity contribution is 0.833. The zero-order chi connectivity index (χ0) is 14.0. The highest BCUT2D eigenvalue weighted by molar-refractivity contribution is 6.30. The molecule has 0 fully saturated rings. The number of anilines is 1. The SMILES string of the molecule is CNc1nc(-c2ccc(Cl)cc2)nc(C)c1C(C)C. The van der Waals surface area contributed by atoms with Gasteiger partial charge in [0.2, 0.25) is 0 Å². The Morgan fingerprint density at radius 3 is 2.26 bits per heavy atom. The molecule has 0 amide bonds. The van der Waals surface area contributed by atoms with Crippen molar-refractivity contribution in [3.63, 3.8) is 0 Å². The molecular formula is C15H18ClN3. The van der Waals surface area contributed by atoms with E-state index in [1.54, 1.807) is 0 Å². The monoisotopic (exact) mass is 275 g/mol. The first-order chi connectivity index (χ1) is 9.02. The highest BCUT2D eigenvalue weighted by Crippen LogP contribution is 2.28. The van der Waals surface area contributed by atoms with Gasteiger partial charge in [-0.25, -0.2) is 9.97 Å². The Morgan fingerprint density at radius 2 is 1.74 bits per heavy atom. The summed E-state index contributed by atoms with van der Waals surface area (Å²) in [5.74, 6) is 2.01. The predicted octanol–water partition coefficient (Wildman–Crippen LogP) is 4.27. The van der Waals surface area contributed by atoms with Crippen LogP contribution in [-0.4, -0.2) is 17.0 Å². The summed E-state index contributed by atoms with van der Waals surface area (Å²) in [5.41, 5.74) is 3.15. The van der Waals surface area contributed by atoms with Crippen LogP contribution in [0.5, 0.6) is 0 Å². The molecule has 0 saturated carbocycles. The number of hydrogen-bond donors (Lipinski definition) is 1. The molecule has 0 unspecified atom stereocenters. The Bertz CT molecular complexity index is 577. The first-order valence-electron chi connectivity index (χ1n) is 6.35. The lowest BCUT2D eigenvalue weighted by atomic mass is 10.0. The van der Waals surface area contributed by atoms with Crippen LogP contribution in [-0.2, 0) is 0 Å². The third-order valence-corrected chi connectivity index (χ3v) is 3.30. The van der Waals surface area contributed by atoms with Gasteiger partial charge in [0, 0.05) is 28.9 Å². The van der Waals surface area contributed by atoms with Gasteiger partial charge in [-0.15, -0.1) is 0 Å². The molecule has 0 spiro atoms. The number of nitrogens with zero attached hydrogens (tertiary/aromatic N) is 2. The third kappa shape index (κ3) is 2.87. The molecule has 0 aliphatic heterocycles. The summed E-state index contributed by atoms with van der Waals surface area (Å²) in [6.07, 6.45) is 0. The summed E-state index contributed by atoms with van der Waals surface area (Å²) in [7, 11) is 1.89. The van der Waals surface area contributed by atoms with Crippen LogP contribution in [0.2, 0.25) is 5.02 Å². The van der Waals surface area contributed by atoms with Gasteiger partial charge in [0.25, 0.3) is 0 Å². The summed E-state index contributed by atoms with van der Waals surface area (Å²) in [5, 5.41) is 3.88. The van der Waals surface area contributed by atoms with Crippen molar-refractivity contribution < 1.29 is 0 Å². The normalized spacial score (nSPS) is 10.8. The van der Waals surface area contributed by atoms with Crippen LogP contribution in [0.15, 0.2) is 24.3 Å². The van der Waals surface area contributed by atoms with Gasteiger partial charge in [-0.1, -0.05) is 25.4 Å². The molecular weight excluding hydrogens is 258 g/mol. The second kappa shape index (κ2) is 5.57. The molecule has 0 bridgehead atoms. The van der Waals surface area contributed by atoms with Crippen molar-refractivity contribution in [3.8, 4) is 11.4 Å². The zero-order valence-electron chi connectivity index (χ0n) is 11.7. The molecule has 100 valence electrons. The lowest BCUT2D eigenvalue weighted by Gasteiger charge is -2.15. The smallest absolute Gasteiger partial charge is 0.161 e. The van der Waals surface area contributed by atoms with E-state index in [9.17, 15) is 0 Å². The van der Waals surface area contributed by atoms with Gasteiger partial charge in [0.05, 0.1) is 0 Å². The van der Waals surface area contributed by atoms with Gasteiger partial charge < -0.3 is 5.32 Å². The van der Waals surface area contributed by atoms with Crippen LogP contribution in [0.25, 0.3) is 11.4 Å². The van der Waals surface area contributed by atoms with E-state index in [0.717, 1.165) is 22.9 Å². The number of benzene rings is 1. The van der Waals surface area contributed by atoms with E-state index in [2.05, 4.69) is 29.1 Å². The molecule has 1 heterocycles. The fraction of sp³-hybridized carbons (Fsp3) is 0.333. The Kier molecular flexibility index (Phi) is 4.05. The Hall–Kier alpha value is -1.61. The quantitative estimate of drug-likeness (QED) is 0.909. The molecule has 1 aromatic carbocycles. The van der Waals surface area contributed by atoms with Crippen molar-refractivity contribution in [3.05, 3.63) is 40.5 Å². The maximum absolute atomic E-state index is 5.90. The summed E-state index contributed by atoms with van der Waals surface area (Å²) in [6.45, 7) is 6.32. The second-order valence-corrected chi connectivity index (χ2v) is 5.24. The number of aryl methyl sites for hydroxylation is 1. The number of rotatable bonds is 3. The van der Waals surface area contributed by atoms with Crippen molar-refractivity contribution in [2.75, 3.05) is 12.4 Å². The topological polar surface area (TPSA) is 37.8 Å². The first-order valence-corrected chi connectivity index (χ1v) is 6.73. The van der Waals surface area contributed by atoms with Crippen LogP contribution in [0, 0.1) is 6.92 Å². The standard InChI is InChI=1S/C15H18ClN3/c1-9(2)13-10(3)18-14(19-15(13)17-4)11-5-7-12(16)8-6-11/h5-9H,1-4H3,(H,17,18,19). The molecule has 2 aromatic rings. The fourth-order valence-corrected chi connectivity index (χ4v) is 2.32. The van der Waals surface area contributed by atoms with Gasteiger partial charge in [-0.2, -0.15) is 0 Å². The average Bonchev–Trinajstić information content (AvgIpc) is 2.38. The molecule has 0 saturated heterocycles. The average molecular weight is 276 g/mol. The van der Waals surface area contributed by atoms with Crippen molar-refractivity contribution in [2.24, 2.45) is 0 Å². The number of aromatic nitrogens is 2. The Labute approximate surface area is 119 Å². The van der Waals surface area contributed by atoms with E-state index >= 15 is 0 Å². The number of hydrogen-bond acceptors (Lipinski definition) is 3. The maximum Gasteiger partial charge on any atom is 0.161 e. The van der Waals surface area contributed by atoms with Gasteiger partial charge in [-0.05, 0) is 37.1 Å². The van der Waals surface area contributed by atoms with Crippen LogP contribution >= 0.6 is 11.6 Å². The van der Waals surface area contributed by atoms with E-state index in [1.807, 2.05) is 38.2 Å². The van der Waals surface area contributed by atoms with E-state index in [0.29, 0.717) is 10.9 Å². The van der Waals surface area contributed by atoms with Crippen molar-refractivity contribution >= 4 is 17.4 Å². The van der Waals surface area contributed by atoms with Gasteiger partial charge in [-0.3, -0.25) is 0 Å². The lowest BCUT2D eigenvalue weighted by Crippen LogP contribution is -2.06. The van der Waals surface area contributed by atoms with E-state index in [4.69, 9.17) is 11.6 Å². The Morgan fingerprint density at radius 1 is 1.11 bits per heavy atom. The van der Waals surface area contributed by atoms with Gasteiger partial charge >= 0.3 is 0 Å². The van der Waals surface area contributed by atoms with E-state index in [1.165, 1.54) is 5.56 Å². The number of nitrogens with one attached hydrogen (secondary N) is 1. The fourth-order valence-electron chi connectivity index (χ4n) is 2.19. The summed E-state index contributed by atoms with van der Waals surface area (Å²) in [6, 6.07) is 7.58. The molecule has 0 atom stereocenters. The number of halogens is 1. The predicted molar refractivity (Wildman–Crippen MR) is 80.9 cm³/mol. The molecule has 3 nitrogen and oxygen atoms in total. The Balaban J connectivity index is 2.54. The minimum Gasteiger partial charge on any atom is -0.373 e. The van der Waals surface area contributed by atoms with Gasteiger partial charge in [0.1, 0.15) is 5.82 Å². The van der Waals surface area contributed by atoms with Crippen LogP contribution < -0.4 is 5.32 Å². The van der Waals surface area contributed by atoms with E-state index < -0.39 is 0 Å². The van der Waals surface area contributed by atoms with Crippen molar-refractivity contribution in [1.29, 1.82) is 0 Å². The largest absolute Gasteiger partial charge is 0.373 e. The molecule has 1 N–H and O–H groups in total. The first kappa shape index (κ1) is 13.8. The summed E-state index contributed by atoms with van der Waals surface area (Å²) in [4.78, 5) is 9.22. The molecule has 0 aliphatic carbocycles. The van der Waals surface area contributed by atoms with Crippen molar-refractivity contribution in [1.82, 2.24) is 9.97 Å². The van der Waals surface area contributed by atoms with Crippen LogP contribution in [0.3, 0.4) is 0 Å². The highest BCUT2D eigenvalue weighted by atomic mass is 35.5. The molecule has 19 heavy (non-hydrogen) atoms. The summed E-state index contributed by atoms with van der Waals surface area (Å²) >= 11 is 5.90. The van der Waals surface area contributed by atoms with Gasteiger partial charge in [0.15, 0.2) is 5.82 Å². The van der Waals surface area contributed by atoms with E-state index in [-0.39, 0.29) is 0 Å². The third-order valence-electron chi connectivity index (χ3n) is 3.05. The van der Waals surface area contributed by atoms with Crippen LogP contribution in [0.4, 0.5) is 5.82 Å². The maximum atomic E-state index is 5.90. The molecule has 1 aromatic heterocycles. The molecule has 2 rings (SSSR count). The van der Waals surface area contributed by atoms with Crippen LogP contribution in [0.1, 0.15) is 31.0 Å². The van der Waals surface area contributed by atoms with Crippen molar-refractivity contribution in [2.45, 2.75) is 26.7 Å². The second-order valence-electron chi connectivity index (χ2n) is 4.81. The minimum atomic E-state index is 0.390. The molecule has 4 heteroatoms. The zero-order valence-corrected chi connectivity index (χ0v) is 12.4.